The first-order chi connectivity index (χ1) is 31.7. The summed E-state index contributed by atoms with van der Waals surface area (Å²) in [6.45, 7) is 5.95. The second kappa shape index (κ2) is 18.6. The van der Waals surface area contributed by atoms with Gasteiger partial charge in [0.15, 0.2) is 0 Å². The van der Waals surface area contributed by atoms with Crippen LogP contribution in [0.25, 0.3) is 33.3 Å². The number of likely N-dealkylation sites (tertiary alicyclic amines) is 2. The summed E-state index contributed by atoms with van der Waals surface area (Å²) in [6.07, 6.45) is 3.93. The number of halogens is 3. The number of aromatic nitrogens is 5. The van der Waals surface area contributed by atoms with Crippen LogP contribution >= 0.6 is 0 Å². The van der Waals surface area contributed by atoms with E-state index in [9.17, 15) is 23.8 Å². The van der Waals surface area contributed by atoms with Crippen molar-refractivity contribution in [2.45, 2.75) is 116 Å². The number of nitrogens with two attached hydrogens (primary N) is 1. The number of rotatable bonds is 15. The molecule has 0 saturated carbocycles. The average molecular weight is 914 g/mol. The second-order valence-electron chi connectivity index (χ2n) is 18.4. The highest BCUT2D eigenvalue weighted by molar-refractivity contribution is 5.92. The van der Waals surface area contributed by atoms with Gasteiger partial charge in [-0.3, -0.25) is 15.0 Å². The zero-order chi connectivity index (χ0) is 46.6. The second-order valence-corrected chi connectivity index (χ2v) is 18.4. The van der Waals surface area contributed by atoms with E-state index in [1.165, 1.54) is 19.2 Å². The van der Waals surface area contributed by atoms with Crippen LogP contribution in [-0.4, -0.2) is 108 Å². The molecule has 2 saturated heterocycles. The Morgan fingerprint density at radius 2 is 1.68 bits per heavy atom. The van der Waals surface area contributed by atoms with E-state index < -0.39 is 43.7 Å². The largest absolute Gasteiger partial charge is 0.465 e. The van der Waals surface area contributed by atoms with Crippen LogP contribution in [0.1, 0.15) is 107 Å². The summed E-state index contributed by atoms with van der Waals surface area (Å²) < 4.78 is 62.2. The van der Waals surface area contributed by atoms with Gasteiger partial charge in [-0.05, 0) is 79.5 Å². The van der Waals surface area contributed by atoms with E-state index >= 15 is 4.39 Å². The van der Waals surface area contributed by atoms with E-state index in [4.69, 9.17) is 29.9 Å². The van der Waals surface area contributed by atoms with Gasteiger partial charge >= 0.3 is 6.61 Å². The summed E-state index contributed by atoms with van der Waals surface area (Å²) in [6, 6.07) is 12.5. The summed E-state index contributed by atoms with van der Waals surface area (Å²) >= 11 is 0. The summed E-state index contributed by atoms with van der Waals surface area (Å²) in [5.41, 5.74) is 11.3. The first-order valence-corrected chi connectivity index (χ1v) is 22.7. The molecule has 1 aliphatic carbocycles. The number of aromatic amines is 2. The van der Waals surface area contributed by atoms with E-state index in [0.29, 0.717) is 65.0 Å². The van der Waals surface area contributed by atoms with Crippen molar-refractivity contribution < 1.29 is 42.4 Å². The topological polar surface area (TPSA) is 192 Å². The molecule has 15 nitrogen and oxygen atoms in total. The van der Waals surface area contributed by atoms with Crippen molar-refractivity contribution in [3.05, 3.63) is 101 Å². The van der Waals surface area contributed by atoms with Gasteiger partial charge in [-0.15, -0.1) is 0 Å². The molecule has 6 heterocycles. The van der Waals surface area contributed by atoms with Crippen molar-refractivity contribution in [2.24, 2.45) is 17.6 Å². The van der Waals surface area contributed by atoms with E-state index in [0.717, 1.165) is 41.4 Å². The molecule has 0 radical (unpaired) electrons. The van der Waals surface area contributed by atoms with Crippen molar-refractivity contribution in [3.63, 3.8) is 0 Å². The molecule has 8 unspecified atom stereocenters. The van der Waals surface area contributed by atoms with Crippen LogP contribution in [0.15, 0.2) is 72.8 Å². The van der Waals surface area contributed by atoms with Gasteiger partial charge in [-0.25, -0.2) is 14.4 Å². The minimum Gasteiger partial charge on any atom is -0.465 e. The first kappa shape index (κ1) is 45.6. The molecule has 18 heteroatoms. The highest BCUT2D eigenvalue weighted by atomic mass is 19.3. The van der Waals surface area contributed by atoms with Gasteiger partial charge in [0.1, 0.15) is 35.6 Å². The van der Waals surface area contributed by atoms with Crippen LogP contribution in [0.4, 0.5) is 13.2 Å². The molecule has 5 aromatic rings. The third-order valence-electron chi connectivity index (χ3n) is 13.5. The number of methoxy groups -OCH3 is 1. The maximum atomic E-state index is 16.9. The molecule has 3 aliphatic heterocycles. The fourth-order valence-electron chi connectivity index (χ4n) is 9.96. The number of imidazole rings is 2. The van der Waals surface area contributed by atoms with Gasteiger partial charge < -0.3 is 49.6 Å². The minimum absolute atomic E-state index is 0.0345. The number of hydrogen-bond acceptors (Lipinski definition) is 11. The molecule has 4 aliphatic rings. The van der Waals surface area contributed by atoms with Gasteiger partial charge in [-0.2, -0.15) is 8.78 Å². The van der Waals surface area contributed by atoms with Crippen LogP contribution in [0.3, 0.4) is 0 Å². The number of carbonyl (C=O) groups is 1. The molecular formula is C48H58F3N9O6. The number of H-pyrrole nitrogens is 2. The average Bonchev–Trinajstić information content (AvgIpc) is 4.15. The predicted molar refractivity (Wildman–Crippen MR) is 241 cm³/mol. The van der Waals surface area contributed by atoms with Gasteiger partial charge in [0.25, 0.3) is 0 Å². The summed E-state index contributed by atoms with van der Waals surface area (Å²) in [4.78, 5) is 33.9. The molecule has 9 rings (SSSR count). The number of carbonyl (C=O) groups excluding carboxylic acids is 1. The lowest BCUT2D eigenvalue weighted by Gasteiger charge is -2.34. The number of nitrogens with one attached hydrogen (secondary N) is 3. The normalized spacial score (nSPS) is 23.1. The lowest BCUT2D eigenvalue weighted by Crippen LogP contribution is -2.52. The number of nitrogens with zero attached hydrogens (tertiary/aromatic N) is 5. The Balaban J connectivity index is 1.05. The van der Waals surface area contributed by atoms with Gasteiger partial charge in [0.05, 0.1) is 58.7 Å². The Labute approximate surface area is 380 Å². The molecule has 2 fully saturated rings. The van der Waals surface area contributed by atoms with Crippen LogP contribution < -0.4 is 15.8 Å². The molecule has 352 valence electrons. The monoisotopic (exact) mass is 913 g/mol. The van der Waals surface area contributed by atoms with E-state index in [2.05, 4.69) is 15.3 Å². The van der Waals surface area contributed by atoms with Crippen LogP contribution in [0, 0.1) is 11.8 Å². The Morgan fingerprint density at radius 3 is 2.42 bits per heavy atom. The molecule has 1 amide bonds. The SMILES string of the molecule is COC(O)NC(C(=O)N1CCCC1c1ncc(-c2ccc3c(c2)cc2n3C(c3cccc(OC(F)F)c3)OC3=C2C(F)CC(c2cnc(C4CCCN4C(O)C(N)C(C)C)[nH]2)=C3)[nH]1)C(C)C. The summed E-state index contributed by atoms with van der Waals surface area (Å²) in [5, 5.41) is 24.9. The maximum Gasteiger partial charge on any atom is 0.387 e. The molecule has 3 aromatic heterocycles. The Kier molecular flexibility index (Phi) is 12.9. The fraction of sp³-hybridized carbons (Fsp3) is 0.479. The lowest BCUT2D eigenvalue weighted by molar-refractivity contribution is -0.145. The zero-order valence-corrected chi connectivity index (χ0v) is 37.6. The molecule has 7 N–H and O–H groups in total. The molecule has 8 atom stereocenters. The lowest BCUT2D eigenvalue weighted by atomic mass is 9.90. The van der Waals surface area contributed by atoms with E-state index in [-0.39, 0.29) is 42.0 Å². The van der Waals surface area contributed by atoms with Crippen molar-refractivity contribution >= 4 is 28.0 Å². The van der Waals surface area contributed by atoms with Crippen LogP contribution in [0.2, 0.25) is 0 Å². The number of aliphatic hydroxyl groups excluding tert-OH is 2. The third kappa shape index (κ3) is 8.65. The number of allylic oxidation sites excluding steroid dienone is 3. The van der Waals surface area contributed by atoms with E-state index in [1.807, 2.05) is 67.5 Å². The van der Waals surface area contributed by atoms with Crippen molar-refractivity contribution in [2.75, 3.05) is 20.2 Å². The smallest absolute Gasteiger partial charge is 0.387 e. The number of ether oxygens (including phenoxy) is 3. The van der Waals surface area contributed by atoms with Gasteiger partial charge in [-0.1, -0.05) is 45.9 Å². The standard InChI is InChI=1S/C48H58F3N9O6/c1-24(2)40(52)44(61)58-15-7-11-35(58)42-54-23-33(56-42)28-19-31(49)39-37-20-29-17-26(13-14-34(29)60(37)46(66-38(39)21-28)27-9-6-10-30(18-27)65-47(50)51)32-22-53-43(55-32)36-12-8-16-59(36)45(62)41(25(3)4)57-48(63)64-5/h6,9-10,13-14,17-18,20-25,31,35-36,40-41,44,46-48,57,61,63H,7-8,11-12,15-16,19,52H2,1-5H3,(H,53,55)(H,54,56). The van der Waals surface area contributed by atoms with Gasteiger partial charge in [0, 0.05) is 49.2 Å². The minimum atomic E-state index is -3.03. The number of alkyl halides is 3. The highest BCUT2D eigenvalue weighted by Crippen LogP contribution is 2.48. The quantitative estimate of drug-likeness (QED) is 0.0587. The van der Waals surface area contributed by atoms with Crippen LogP contribution in [0.5, 0.6) is 5.75 Å². The number of hydrogen-bond donors (Lipinski definition) is 6. The first-order valence-electron chi connectivity index (χ1n) is 22.7. The summed E-state index contributed by atoms with van der Waals surface area (Å²) in [5.74, 6) is 1.38. The predicted octanol–water partition coefficient (Wildman–Crippen LogP) is 7.11. The van der Waals surface area contributed by atoms with Crippen molar-refractivity contribution in [3.8, 4) is 17.0 Å². The fourth-order valence-corrected chi connectivity index (χ4v) is 9.96. The Bertz CT molecular complexity index is 2620. The number of aliphatic hydroxyl groups is 2. The third-order valence-corrected chi connectivity index (χ3v) is 13.5. The van der Waals surface area contributed by atoms with Crippen molar-refractivity contribution in [1.82, 2.24) is 39.6 Å². The van der Waals surface area contributed by atoms with Crippen LogP contribution in [-0.2, 0) is 14.3 Å². The molecule has 0 spiro atoms. The Hall–Kier alpha value is -5.50. The van der Waals surface area contributed by atoms with Crippen molar-refractivity contribution in [1.29, 1.82) is 0 Å². The number of fused-ring (bicyclic) bond motifs is 4. The molecule has 66 heavy (non-hydrogen) atoms. The highest BCUT2D eigenvalue weighted by Gasteiger charge is 2.40. The number of benzene rings is 2. The molecule has 2 aromatic carbocycles. The molecule has 0 bridgehead atoms. The van der Waals surface area contributed by atoms with Gasteiger partial charge in [0.2, 0.25) is 18.5 Å². The Morgan fingerprint density at radius 1 is 0.955 bits per heavy atom. The maximum absolute atomic E-state index is 16.9. The zero-order valence-electron chi connectivity index (χ0n) is 37.6. The van der Waals surface area contributed by atoms with E-state index in [1.54, 1.807) is 29.4 Å². The molecular weight excluding hydrogens is 856 g/mol. The summed E-state index contributed by atoms with van der Waals surface area (Å²) in [7, 11) is 1.36. The number of amides is 1.